The van der Waals surface area contributed by atoms with E-state index in [2.05, 4.69) is 5.32 Å². The zero-order valence-electron chi connectivity index (χ0n) is 10.2. The highest BCUT2D eigenvalue weighted by atomic mass is 16.2. The number of carbonyl (C=O) groups is 2. The normalized spacial score (nSPS) is 21.9. The Hall–Kier alpha value is -1.32. The summed E-state index contributed by atoms with van der Waals surface area (Å²) in [5.74, 6) is -0.0463. The summed E-state index contributed by atoms with van der Waals surface area (Å²) < 4.78 is 0. The number of carbonyl (C=O) groups excluding carboxylic acids is 2. The first-order valence-corrected chi connectivity index (χ1v) is 5.87. The van der Waals surface area contributed by atoms with Gasteiger partial charge in [0.05, 0.1) is 0 Å². The van der Waals surface area contributed by atoms with Gasteiger partial charge in [0.2, 0.25) is 11.8 Å². The zero-order chi connectivity index (χ0) is 12.1. The fourth-order valence-electron chi connectivity index (χ4n) is 1.98. The molecule has 1 fully saturated rings. The molecule has 0 aromatic rings. The lowest BCUT2D eigenvalue weighted by atomic mass is 10.1. The summed E-state index contributed by atoms with van der Waals surface area (Å²) in [6, 6.07) is -0.304. The topological polar surface area (TPSA) is 49.4 Å². The molecule has 0 aliphatic carbocycles. The van der Waals surface area contributed by atoms with Crippen LogP contribution in [-0.4, -0.2) is 35.8 Å². The predicted octanol–water partition coefficient (Wildman–Crippen LogP) is 1.08. The maximum atomic E-state index is 12.1. The molecular formula is C12H20N2O2. The first-order chi connectivity index (χ1) is 7.61. The summed E-state index contributed by atoms with van der Waals surface area (Å²) in [6.45, 7) is 6.90. The maximum absolute atomic E-state index is 12.1. The van der Waals surface area contributed by atoms with Crippen molar-refractivity contribution in [2.45, 2.75) is 39.7 Å². The lowest BCUT2D eigenvalue weighted by molar-refractivity contribution is -0.140. The standard InChI is InChI=1S/C12H20N2O2/c1-4-6-9(3)12(16)14-8-7-13-11(15)10(14)5-2/h6,10H,4-5,7-8H2,1-3H3,(H,13,15)/b9-6-/t10-/m0/s1. The third-order valence-corrected chi connectivity index (χ3v) is 2.83. The number of nitrogens with zero attached hydrogens (tertiary/aromatic N) is 1. The van der Waals surface area contributed by atoms with Crippen LogP contribution in [-0.2, 0) is 9.59 Å². The van der Waals surface area contributed by atoms with E-state index in [1.165, 1.54) is 0 Å². The van der Waals surface area contributed by atoms with Crippen molar-refractivity contribution in [2.75, 3.05) is 13.1 Å². The monoisotopic (exact) mass is 224 g/mol. The second-order valence-corrected chi connectivity index (χ2v) is 4.01. The van der Waals surface area contributed by atoms with Gasteiger partial charge in [0, 0.05) is 18.7 Å². The quantitative estimate of drug-likeness (QED) is 0.729. The van der Waals surface area contributed by atoms with Crippen LogP contribution in [0, 0.1) is 0 Å². The van der Waals surface area contributed by atoms with Gasteiger partial charge in [-0.3, -0.25) is 9.59 Å². The highest BCUT2D eigenvalue weighted by molar-refractivity contribution is 5.97. The summed E-state index contributed by atoms with van der Waals surface area (Å²) in [6.07, 6.45) is 3.41. The molecule has 4 nitrogen and oxygen atoms in total. The van der Waals surface area contributed by atoms with E-state index in [4.69, 9.17) is 0 Å². The molecule has 0 aromatic heterocycles. The van der Waals surface area contributed by atoms with Gasteiger partial charge in [-0.15, -0.1) is 0 Å². The number of amides is 2. The van der Waals surface area contributed by atoms with Crippen LogP contribution in [0.15, 0.2) is 11.6 Å². The second kappa shape index (κ2) is 5.68. The molecule has 16 heavy (non-hydrogen) atoms. The van der Waals surface area contributed by atoms with Gasteiger partial charge in [0.15, 0.2) is 0 Å². The Morgan fingerprint density at radius 1 is 1.56 bits per heavy atom. The molecule has 90 valence electrons. The number of allylic oxidation sites excluding steroid dienone is 1. The van der Waals surface area contributed by atoms with E-state index in [0.717, 1.165) is 12.0 Å². The molecular weight excluding hydrogens is 204 g/mol. The molecule has 1 saturated heterocycles. The van der Waals surface area contributed by atoms with Crippen molar-refractivity contribution in [3.8, 4) is 0 Å². The van der Waals surface area contributed by atoms with E-state index in [9.17, 15) is 9.59 Å². The first kappa shape index (κ1) is 12.7. The van der Waals surface area contributed by atoms with E-state index in [1.54, 1.807) is 4.90 Å². The smallest absolute Gasteiger partial charge is 0.249 e. The van der Waals surface area contributed by atoms with Crippen LogP contribution >= 0.6 is 0 Å². The van der Waals surface area contributed by atoms with Gasteiger partial charge < -0.3 is 10.2 Å². The fourth-order valence-corrected chi connectivity index (χ4v) is 1.98. The van der Waals surface area contributed by atoms with Gasteiger partial charge in [-0.2, -0.15) is 0 Å². The minimum atomic E-state index is -0.304. The number of piperazine rings is 1. The first-order valence-electron chi connectivity index (χ1n) is 5.87. The van der Waals surface area contributed by atoms with Crippen LogP contribution < -0.4 is 5.32 Å². The van der Waals surface area contributed by atoms with Gasteiger partial charge in [-0.25, -0.2) is 0 Å². The van der Waals surface area contributed by atoms with E-state index in [0.29, 0.717) is 19.5 Å². The van der Waals surface area contributed by atoms with Crippen molar-refractivity contribution < 1.29 is 9.59 Å². The number of nitrogens with one attached hydrogen (secondary N) is 1. The van der Waals surface area contributed by atoms with Gasteiger partial charge in [-0.05, 0) is 19.8 Å². The van der Waals surface area contributed by atoms with Crippen LogP contribution in [0.3, 0.4) is 0 Å². The molecule has 1 heterocycles. The molecule has 0 saturated carbocycles. The molecule has 0 spiro atoms. The average molecular weight is 224 g/mol. The van der Waals surface area contributed by atoms with Gasteiger partial charge in [0.25, 0.3) is 0 Å². The van der Waals surface area contributed by atoms with E-state index >= 15 is 0 Å². The Morgan fingerprint density at radius 2 is 2.25 bits per heavy atom. The molecule has 0 unspecified atom stereocenters. The lowest BCUT2D eigenvalue weighted by Crippen LogP contribution is -2.57. The number of hydrogen-bond acceptors (Lipinski definition) is 2. The molecule has 1 aliphatic rings. The SMILES string of the molecule is CC/C=C(/C)C(=O)N1CCNC(=O)[C@@H]1CC. The van der Waals surface area contributed by atoms with Gasteiger partial charge >= 0.3 is 0 Å². The molecule has 2 amide bonds. The van der Waals surface area contributed by atoms with E-state index in [1.807, 2.05) is 26.8 Å². The molecule has 0 radical (unpaired) electrons. The van der Waals surface area contributed by atoms with Crippen molar-refractivity contribution in [2.24, 2.45) is 0 Å². The summed E-state index contributed by atoms with van der Waals surface area (Å²) >= 11 is 0. The van der Waals surface area contributed by atoms with E-state index in [-0.39, 0.29) is 17.9 Å². The minimum Gasteiger partial charge on any atom is -0.353 e. The van der Waals surface area contributed by atoms with Crippen LogP contribution in [0.1, 0.15) is 33.6 Å². The average Bonchev–Trinajstić information content (AvgIpc) is 2.28. The van der Waals surface area contributed by atoms with Crippen molar-refractivity contribution >= 4 is 11.8 Å². The third kappa shape index (κ3) is 2.62. The van der Waals surface area contributed by atoms with E-state index < -0.39 is 0 Å². The van der Waals surface area contributed by atoms with Gasteiger partial charge in [0.1, 0.15) is 6.04 Å². The molecule has 0 bridgehead atoms. The van der Waals surface area contributed by atoms with Crippen LogP contribution in [0.25, 0.3) is 0 Å². The van der Waals surface area contributed by atoms with Crippen molar-refractivity contribution in [1.29, 1.82) is 0 Å². The highest BCUT2D eigenvalue weighted by Gasteiger charge is 2.31. The second-order valence-electron chi connectivity index (χ2n) is 4.01. The van der Waals surface area contributed by atoms with Crippen LogP contribution in [0.2, 0.25) is 0 Å². The number of hydrogen-bond donors (Lipinski definition) is 1. The summed E-state index contributed by atoms with van der Waals surface area (Å²) in [5, 5.41) is 2.79. The molecule has 1 N–H and O–H groups in total. The summed E-state index contributed by atoms with van der Waals surface area (Å²) in [7, 11) is 0. The van der Waals surface area contributed by atoms with Crippen molar-refractivity contribution in [3.05, 3.63) is 11.6 Å². The minimum absolute atomic E-state index is 0.0106. The van der Waals surface area contributed by atoms with Crippen LogP contribution in [0.4, 0.5) is 0 Å². The Labute approximate surface area is 96.7 Å². The predicted molar refractivity (Wildman–Crippen MR) is 62.8 cm³/mol. The Bertz CT molecular complexity index is 310. The zero-order valence-corrected chi connectivity index (χ0v) is 10.2. The Morgan fingerprint density at radius 3 is 2.81 bits per heavy atom. The summed E-state index contributed by atoms with van der Waals surface area (Å²) in [5.41, 5.74) is 0.732. The number of rotatable bonds is 3. The highest BCUT2D eigenvalue weighted by Crippen LogP contribution is 2.12. The van der Waals surface area contributed by atoms with Crippen LogP contribution in [0.5, 0.6) is 0 Å². The molecule has 1 aliphatic heterocycles. The van der Waals surface area contributed by atoms with Gasteiger partial charge in [-0.1, -0.05) is 19.9 Å². The molecule has 4 heteroatoms. The van der Waals surface area contributed by atoms with Crippen molar-refractivity contribution in [1.82, 2.24) is 10.2 Å². The fraction of sp³-hybridized carbons (Fsp3) is 0.667. The maximum Gasteiger partial charge on any atom is 0.249 e. The molecule has 1 atom stereocenters. The third-order valence-electron chi connectivity index (χ3n) is 2.83. The lowest BCUT2D eigenvalue weighted by Gasteiger charge is -2.34. The molecule has 1 rings (SSSR count). The summed E-state index contributed by atoms with van der Waals surface area (Å²) in [4.78, 5) is 25.4. The Balaban J connectivity index is 2.81. The molecule has 0 aromatic carbocycles. The Kier molecular flexibility index (Phi) is 4.52. The van der Waals surface area contributed by atoms with Crippen molar-refractivity contribution in [3.63, 3.8) is 0 Å². The largest absolute Gasteiger partial charge is 0.353 e.